The summed E-state index contributed by atoms with van der Waals surface area (Å²) in [5.41, 5.74) is 0.858. The van der Waals surface area contributed by atoms with Crippen molar-refractivity contribution in [2.75, 3.05) is 11.9 Å². The average molecular weight is 224 g/mol. The highest BCUT2D eigenvalue weighted by Crippen LogP contribution is 2.20. The molecule has 0 radical (unpaired) electrons. The molecule has 4 heteroatoms. The van der Waals surface area contributed by atoms with E-state index in [9.17, 15) is 4.79 Å². The second-order valence-corrected chi connectivity index (χ2v) is 3.19. The monoisotopic (exact) mass is 223 g/mol. The van der Waals surface area contributed by atoms with Gasteiger partial charge in [0.15, 0.2) is 0 Å². The van der Waals surface area contributed by atoms with Crippen LogP contribution in [0.4, 0.5) is 5.69 Å². The minimum absolute atomic E-state index is 0.101. The normalized spacial score (nSPS) is 8.93. The quantitative estimate of drug-likeness (QED) is 0.774. The van der Waals surface area contributed by atoms with Crippen LogP contribution in [0.3, 0.4) is 0 Å². The third-order valence-corrected chi connectivity index (χ3v) is 2.07. The van der Waals surface area contributed by atoms with Crippen molar-refractivity contribution < 1.29 is 9.90 Å². The Labute approximate surface area is 93.1 Å². The van der Waals surface area contributed by atoms with Crippen LogP contribution in [0.2, 0.25) is 5.02 Å². The summed E-state index contributed by atoms with van der Waals surface area (Å²) >= 11 is 5.78. The van der Waals surface area contributed by atoms with Crippen molar-refractivity contribution in [2.45, 2.75) is 6.92 Å². The van der Waals surface area contributed by atoms with Crippen LogP contribution < -0.4 is 5.32 Å². The van der Waals surface area contributed by atoms with E-state index in [2.05, 4.69) is 17.2 Å². The van der Waals surface area contributed by atoms with Crippen molar-refractivity contribution in [1.29, 1.82) is 0 Å². The summed E-state index contributed by atoms with van der Waals surface area (Å²) in [5, 5.41) is 12.0. The van der Waals surface area contributed by atoms with Gasteiger partial charge in [-0.05, 0) is 25.1 Å². The van der Waals surface area contributed by atoms with E-state index >= 15 is 0 Å². The number of hydrogen-bond donors (Lipinski definition) is 2. The largest absolute Gasteiger partial charge is 0.478 e. The summed E-state index contributed by atoms with van der Waals surface area (Å²) in [6.07, 6.45) is 0. The number of benzene rings is 1. The van der Waals surface area contributed by atoms with Crippen molar-refractivity contribution in [1.82, 2.24) is 0 Å². The smallest absolute Gasteiger partial charge is 0.337 e. The molecule has 0 aromatic heterocycles. The summed E-state index contributed by atoms with van der Waals surface area (Å²) < 4.78 is 0. The molecular formula is C11H10ClNO2. The number of carboxylic acid groups (broad SMARTS) is 1. The van der Waals surface area contributed by atoms with Gasteiger partial charge in [0.05, 0.1) is 17.1 Å². The van der Waals surface area contributed by atoms with Gasteiger partial charge in [0.1, 0.15) is 0 Å². The Hall–Kier alpha value is -1.66. The van der Waals surface area contributed by atoms with Gasteiger partial charge in [-0.15, -0.1) is 5.92 Å². The molecule has 0 bridgehead atoms. The van der Waals surface area contributed by atoms with E-state index in [0.29, 0.717) is 6.54 Å². The molecule has 0 saturated heterocycles. The second kappa shape index (κ2) is 5.28. The Bertz CT molecular complexity index is 432. The van der Waals surface area contributed by atoms with Crippen LogP contribution in [0.5, 0.6) is 0 Å². The van der Waals surface area contributed by atoms with Crippen LogP contribution in [0.1, 0.15) is 17.3 Å². The van der Waals surface area contributed by atoms with Gasteiger partial charge in [0.2, 0.25) is 0 Å². The van der Waals surface area contributed by atoms with Crippen molar-refractivity contribution in [3.63, 3.8) is 0 Å². The molecule has 1 aromatic carbocycles. The molecule has 0 aliphatic heterocycles. The average Bonchev–Trinajstić information content (AvgIpc) is 2.17. The molecule has 1 rings (SSSR count). The van der Waals surface area contributed by atoms with Crippen LogP contribution >= 0.6 is 11.6 Å². The lowest BCUT2D eigenvalue weighted by molar-refractivity contribution is 0.0697. The first-order valence-electron chi connectivity index (χ1n) is 4.31. The van der Waals surface area contributed by atoms with Crippen LogP contribution in [0.15, 0.2) is 18.2 Å². The molecule has 0 aliphatic carbocycles. The third kappa shape index (κ3) is 3.19. The summed E-state index contributed by atoms with van der Waals surface area (Å²) in [6.45, 7) is 2.27. The predicted octanol–water partition coefficient (Wildman–Crippen LogP) is 2.47. The fourth-order valence-corrected chi connectivity index (χ4v) is 1.29. The van der Waals surface area contributed by atoms with Gasteiger partial charge in [0, 0.05) is 5.69 Å². The summed E-state index contributed by atoms with van der Waals surface area (Å²) in [4.78, 5) is 10.7. The predicted molar refractivity (Wildman–Crippen MR) is 60.4 cm³/mol. The van der Waals surface area contributed by atoms with E-state index in [1.807, 2.05) is 0 Å². The molecule has 0 amide bonds. The van der Waals surface area contributed by atoms with E-state index in [-0.39, 0.29) is 10.6 Å². The van der Waals surface area contributed by atoms with Gasteiger partial charge in [0.25, 0.3) is 0 Å². The second-order valence-electron chi connectivity index (χ2n) is 2.78. The Morgan fingerprint density at radius 3 is 2.87 bits per heavy atom. The first-order chi connectivity index (χ1) is 7.15. The molecular weight excluding hydrogens is 214 g/mol. The highest BCUT2D eigenvalue weighted by molar-refractivity contribution is 6.33. The summed E-state index contributed by atoms with van der Waals surface area (Å²) in [5.74, 6) is 4.55. The Morgan fingerprint density at radius 2 is 2.33 bits per heavy atom. The molecule has 0 saturated carbocycles. The molecule has 1 aromatic rings. The van der Waals surface area contributed by atoms with Crippen LogP contribution in [-0.4, -0.2) is 17.6 Å². The molecule has 0 spiro atoms. The lowest BCUT2D eigenvalue weighted by Gasteiger charge is -2.04. The van der Waals surface area contributed by atoms with Crippen LogP contribution in [0, 0.1) is 11.8 Å². The molecule has 15 heavy (non-hydrogen) atoms. The zero-order valence-corrected chi connectivity index (χ0v) is 8.93. The molecule has 3 nitrogen and oxygen atoms in total. The Balaban J connectivity index is 2.80. The maximum Gasteiger partial charge on any atom is 0.337 e. The first kappa shape index (κ1) is 11.4. The SMILES string of the molecule is CC#CCNc1ccc(C(=O)O)c(Cl)c1. The van der Waals surface area contributed by atoms with Gasteiger partial charge in [-0.3, -0.25) is 0 Å². The topological polar surface area (TPSA) is 49.3 Å². The standard InChI is InChI=1S/C11H10ClNO2/c1-2-3-6-13-8-4-5-9(11(14)15)10(12)7-8/h4-5,7,13H,6H2,1H3,(H,14,15). The number of rotatable bonds is 3. The van der Waals surface area contributed by atoms with Crippen molar-refractivity contribution in [2.24, 2.45) is 0 Å². The van der Waals surface area contributed by atoms with Crippen molar-refractivity contribution in [3.8, 4) is 11.8 Å². The first-order valence-corrected chi connectivity index (χ1v) is 4.69. The molecule has 0 unspecified atom stereocenters. The lowest BCUT2D eigenvalue weighted by Crippen LogP contribution is -2.01. The van der Waals surface area contributed by atoms with Crippen LogP contribution in [0.25, 0.3) is 0 Å². The molecule has 78 valence electrons. The van der Waals surface area contributed by atoms with Gasteiger partial charge < -0.3 is 10.4 Å². The fraction of sp³-hybridized carbons (Fsp3) is 0.182. The molecule has 0 fully saturated rings. The maximum atomic E-state index is 10.7. The Kier molecular flexibility index (Phi) is 4.02. The number of anilines is 1. The zero-order valence-electron chi connectivity index (χ0n) is 8.17. The minimum atomic E-state index is -1.03. The number of halogens is 1. The van der Waals surface area contributed by atoms with E-state index in [1.165, 1.54) is 6.07 Å². The molecule has 2 N–H and O–H groups in total. The number of hydrogen-bond acceptors (Lipinski definition) is 2. The summed E-state index contributed by atoms with van der Waals surface area (Å²) in [6, 6.07) is 4.70. The van der Waals surface area contributed by atoms with Crippen molar-refractivity contribution in [3.05, 3.63) is 28.8 Å². The highest BCUT2D eigenvalue weighted by Gasteiger charge is 2.08. The lowest BCUT2D eigenvalue weighted by atomic mass is 10.2. The fourth-order valence-electron chi connectivity index (χ4n) is 1.03. The minimum Gasteiger partial charge on any atom is -0.478 e. The van der Waals surface area contributed by atoms with Gasteiger partial charge in [-0.1, -0.05) is 17.5 Å². The van der Waals surface area contributed by atoms with Gasteiger partial charge in [-0.2, -0.15) is 0 Å². The molecule has 0 aliphatic rings. The van der Waals surface area contributed by atoms with Gasteiger partial charge >= 0.3 is 5.97 Å². The number of aromatic carboxylic acids is 1. The number of nitrogens with one attached hydrogen (secondary N) is 1. The van der Waals surface area contributed by atoms with E-state index in [4.69, 9.17) is 16.7 Å². The van der Waals surface area contributed by atoms with E-state index in [0.717, 1.165) is 5.69 Å². The van der Waals surface area contributed by atoms with Gasteiger partial charge in [-0.25, -0.2) is 4.79 Å². The number of carboxylic acids is 1. The zero-order chi connectivity index (χ0) is 11.3. The molecule has 0 heterocycles. The molecule has 0 atom stereocenters. The third-order valence-electron chi connectivity index (χ3n) is 1.76. The van der Waals surface area contributed by atoms with E-state index in [1.54, 1.807) is 19.1 Å². The Morgan fingerprint density at radius 1 is 1.60 bits per heavy atom. The highest BCUT2D eigenvalue weighted by atomic mass is 35.5. The van der Waals surface area contributed by atoms with E-state index < -0.39 is 5.97 Å². The maximum absolute atomic E-state index is 10.7. The van der Waals surface area contributed by atoms with Crippen molar-refractivity contribution >= 4 is 23.3 Å². The summed E-state index contributed by atoms with van der Waals surface area (Å²) in [7, 11) is 0. The number of carbonyl (C=O) groups is 1. The van der Waals surface area contributed by atoms with Crippen LogP contribution in [-0.2, 0) is 0 Å².